The maximum Gasteiger partial charge on any atom is 0.319 e. The molecule has 2 aliphatic rings. The number of aromatic nitrogens is 4. The highest BCUT2D eigenvalue weighted by atomic mass is 32.2. The first kappa shape index (κ1) is 25.1. The lowest BCUT2D eigenvalue weighted by molar-refractivity contribution is 0.122. The fourth-order valence-corrected chi connectivity index (χ4v) is 6.85. The average Bonchev–Trinajstić information content (AvgIpc) is 3.30. The van der Waals surface area contributed by atoms with Crippen molar-refractivity contribution in [2.24, 2.45) is 0 Å². The van der Waals surface area contributed by atoms with Crippen LogP contribution in [-0.2, 0) is 21.1 Å². The number of hydrogen-bond acceptors (Lipinski definition) is 12. The lowest BCUT2D eigenvalue weighted by Crippen LogP contribution is -2.38. The predicted octanol–water partition coefficient (Wildman–Crippen LogP) is 2.01. The lowest BCUT2D eigenvalue weighted by Gasteiger charge is -2.30. The normalized spacial score (nSPS) is 18.0. The first-order chi connectivity index (χ1) is 17.4. The number of anilines is 1. The maximum atomic E-state index is 11.9. The van der Waals surface area contributed by atoms with Crippen molar-refractivity contribution in [1.29, 1.82) is 0 Å². The molecule has 0 amide bonds. The number of methoxy groups -OCH3 is 2. The van der Waals surface area contributed by atoms with E-state index < -0.39 is 9.84 Å². The Labute approximate surface area is 214 Å². The van der Waals surface area contributed by atoms with Gasteiger partial charge in [-0.1, -0.05) is 0 Å². The predicted molar refractivity (Wildman–Crippen MR) is 138 cm³/mol. The molecule has 0 atom stereocenters. The SMILES string of the molecule is COc1ncc(-c2nc(N3CCOCC3)c3sc(CN4CCC(S(C)(=O)=O)CC4)cc3n2)c(OC)n1. The van der Waals surface area contributed by atoms with Gasteiger partial charge in [-0.25, -0.2) is 23.4 Å². The molecular formula is C23H30N6O5S2. The topological polar surface area (TPSA) is 120 Å². The molecule has 2 saturated heterocycles. The molecule has 3 aromatic heterocycles. The molecule has 194 valence electrons. The maximum absolute atomic E-state index is 11.9. The minimum atomic E-state index is -2.99. The molecule has 0 N–H and O–H groups in total. The van der Waals surface area contributed by atoms with Gasteiger partial charge in [0.15, 0.2) is 11.6 Å². The van der Waals surface area contributed by atoms with Crippen LogP contribution in [0.25, 0.3) is 21.6 Å². The van der Waals surface area contributed by atoms with Gasteiger partial charge in [-0.3, -0.25) is 4.90 Å². The second kappa shape index (κ2) is 10.4. The summed E-state index contributed by atoms with van der Waals surface area (Å²) in [7, 11) is 0.0595. The summed E-state index contributed by atoms with van der Waals surface area (Å²) in [5.74, 6) is 1.70. The zero-order chi connectivity index (χ0) is 25.3. The number of likely N-dealkylation sites (tertiary alicyclic amines) is 1. The van der Waals surface area contributed by atoms with Crippen LogP contribution in [0.1, 0.15) is 17.7 Å². The van der Waals surface area contributed by atoms with Crippen LogP contribution in [-0.4, -0.2) is 98.4 Å². The van der Waals surface area contributed by atoms with Gasteiger partial charge in [-0.2, -0.15) is 4.98 Å². The summed E-state index contributed by atoms with van der Waals surface area (Å²) in [6, 6.07) is 2.32. The van der Waals surface area contributed by atoms with Crippen LogP contribution in [0.3, 0.4) is 0 Å². The molecule has 0 unspecified atom stereocenters. The highest BCUT2D eigenvalue weighted by Crippen LogP contribution is 2.37. The number of hydrogen-bond donors (Lipinski definition) is 0. The van der Waals surface area contributed by atoms with E-state index in [1.807, 2.05) is 0 Å². The van der Waals surface area contributed by atoms with Crippen molar-refractivity contribution in [3.8, 4) is 23.3 Å². The van der Waals surface area contributed by atoms with E-state index in [1.54, 1.807) is 24.6 Å². The van der Waals surface area contributed by atoms with Crippen molar-refractivity contribution in [3.05, 3.63) is 17.1 Å². The fourth-order valence-electron chi connectivity index (χ4n) is 4.63. The molecule has 5 rings (SSSR count). The van der Waals surface area contributed by atoms with Crippen LogP contribution < -0.4 is 14.4 Å². The van der Waals surface area contributed by atoms with Crippen molar-refractivity contribution < 1.29 is 22.6 Å². The minimum absolute atomic E-state index is 0.211. The first-order valence-electron chi connectivity index (χ1n) is 11.9. The highest BCUT2D eigenvalue weighted by Gasteiger charge is 2.27. The molecule has 13 heteroatoms. The Morgan fingerprint density at radius 3 is 2.50 bits per heavy atom. The fraction of sp³-hybridized carbons (Fsp3) is 0.565. The molecule has 0 aromatic carbocycles. The Hall–Kier alpha value is -2.61. The van der Waals surface area contributed by atoms with Gasteiger partial charge in [-0.05, 0) is 32.0 Å². The summed E-state index contributed by atoms with van der Waals surface area (Å²) in [6.45, 7) is 5.05. The molecule has 3 aromatic rings. The monoisotopic (exact) mass is 534 g/mol. The van der Waals surface area contributed by atoms with Crippen LogP contribution in [0, 0.1) is 0 Å². The van der Waals surface area contributed by atoms with E-state index in [0.717, 1.165) is 48.8 Å². The van der Waals surface area contributed by atoms with Gasteiger partial charge in [0, 0.05) is 37.0 Å². The molecule has 0 bridgehead atoms. The van der Waals surface area contributed by atoms with Gasteiger partial charge >= 0.3 is 6.01 Å². The molecule has 0 aliphatic carbocycles. The van der Waals surface area contributed by atoms with Crippen molar-refractivity contribution in [3.63, 3.8) is 0 Å². The Bertz CT molecular complexity index is 1330. The summed E-state index contributed by atoms with van der Waals surface area (Å²) >= 11 is 1.69. The van der Waals surface area contributed by atoms with E-state index in [4.69, 9.17) is 24.2 Å². The summed E-state index contributed by atoms with van der Waals surface area (Å²) < 4.78 is 41.0. The van der Waals surface area contributed by atoms with Crippen molar-refractivity contribution >= 4 is 37.2 Å². The standard InChI is InChI=1S/C23H30N6O5S2/c1-32-22-17(13-24-23(27-22)33-2)20-25-18-12-15(14-28-6-4-16(5-7-28)36(3,30)31)35-19(18)21(26-20)29-8-10-34-11-9-29/h12-13,16H,4-11,14H2,1-3H3. The van der Waals surface area contributed by atoms with Crippen LogP contribution in [0.4, 0.5) is 5.82 Å². The first-order valence-corrected chi connectivity index (χ1v) is 14.6. The third-order valence-electron chi connectivity index (χ3n) is 6.58. The molecule has 11 nitrogen and oxygen atoms in total. The summed E-state index contributed by atoms with van der Waals surface area (Å²) in [6.07, 6.45) is 4.30. The Morgan fingerprint density at radius 2 is 1.83 bits per heavy atom. The van der Waals surface area contributed by atoms with E-state index in [9.17, 15) is 8.42 Å². The molecule has 36 heavy (non-hydrogen) atoms. The zero-order valence-electron chi connectivity index (χ0n) is 20.6. The lowest BCUT2D eigenvalue weighted by atomic mass is 10.1. The zero-order valence-corrected chi connectivity index (χ0v) is 22.3. The van der Waals surface area contributed by atoms with Crippen LogP contribution >= 0.6 is 11.3 Å². The Kier molecular flexibility index (Phi) is 7.24. The number of piperidine rings is 1. The van der Waals surface area contributed by atoms with Crippen LogP contribution in [0.2, 0.25) is 0 Å². The van der Waals surface area contributed by atoms with Gasteiger partial charge in [0.05, 0.1) is 42.9 Å². The molecule has 0 radical (unpaired) electrons. The third-order valence-corrected chi connectivity index (χ3v) is 9.37. The van der Waals surface area contributed by atoms with Gasteiger partial charge in [0.1, 0.15) is 15.4 Å². The molecule has 2 fully saturated rings. The summed E-state index contributed by atoms with van der Waals surface area (Å²) in [5, 5.41) is -0.237. The van der Waals surface area contributed by atoms with Crippen molar-refractivity contribution in [2.45, 2.75) is 24.6 Å². The molecule has 0 spiro atoms. The number of rotatable bonds is 7. The molecule has 5 heterocycles. The van der Waals surface area contributed by atoms with Crippen molar-refractivity contribution in [2.75, 3.05) is 64.8 Å². The van der Waals surface area contributed by atoms with Gasteiger partial charge in [-0.15, -0.1) is 11.3 Å². The molecule has 0 saturated carbocycles. The summed E-state index contributed by atoms with van der Waals surface area (Å²) in [4.78, 5) is 24.1. The number of thiophene rings is 1. The Balaban J connectivity index is 1.49. The van der Waals surface area contributed by atoms with Crippen molar-refractivity contribution in [1.82, 2.24) is 24.8 Å². The number of sulfone groups is 1. The number of fused-ring (bicyclic) bond motifs is 1. The molecule has 2 aliphatic heterocycles. The quantitative estimate of drug-likeness (QED) is 0.443. The largest absolute Gasteiger partial charge is 0.480 e. The number of morpholine rings is 1. The van der Waals surface area contributed by atoms with Gasteiger partial charge in [0.25, 0.3) is 0 Å². The minimum Gasteiger partial charge on any atom is -0.480 e. The summed E-state index contributed by atoms with van der Waals surface area (Å²) in [5.41, 5.74) is 1.44. The smallest absolute Gasteiger partial charge is 0.319 e. The number of ether oxygens (including phenoxy) is 3. The van der Waals surface area contributed by atoms with Gasteiger partial charge in [0.2, 0.25) is 5.88 Å². The van der Waals surface area contributed by atoms with E-state index in [2.05, 4.69) is 25.8 Å². The van der Waals surface area contributed by atoms with E-state index in [0.29, 0.717) is 43.3 Å². The third kappa shape index (κ3) is 5.24. The average molecular weight is 535 g/mol. The molecular weight excluding hydrogens is 504 g/mol. The number of nitrogens with zero attached hydrogens (tertiary/aromatic N) is 6. The van der Waals surface area contributed by atoms with Crippen LogP contribution in [0.15, 0.2) is 12.3 Å². The second-order valence-electron chi connectivity index (χ2n) is 8.98. The Morgan fingerprint density at radius 1 is 1.08 bits per heavy atom. The van der Waals surface area contributed by atoms with E-state index >= 15 is 0 Å². The van der Waals surface area contributed by atoms with E-state index in [-0.39, 0.29) is 11.3 Å². The van der Waals surface area contributed by atoms with Gasteiger partial charge < -0.3 is 19.1 Å². The van der Waals surface area contributed by atoms with E-state index in [1.165, 1.54) is 18.2 Å². The highest BCUT2D eigenvalue weighted by molar-refractivity contribution is 7.91. The van der Waals surface area contributed by atoms with Crippen LogP contribution in [0.5, 0.6) is 11.9 Å². The second-order valence-corrected chi connectivity index (χ2v) is 12.4.